The quantitative estimate of drug-likeness (QED) is 0.402. The van der Waals surface area contributed by atoms with E-state index in [2.05, 4.69) is 25.2 Å². The number of nitrogens with one attached hydrogen (secondary N) is 1. The number of aryl methyl sites for hydroxylation is 2. The number of ether oxygens (including phenoxy) is 1. The molecule has 0 fully saturated rings. The van der Waals surface area contributed by atoms with Gasteiger partial charge in [0.1, 0.15) is 11.8 Å². The van der Waals surface area contributed by atoms with Crippen LogP contribution in [0.1, 0.15) is 41.7 Å². The fourth-order valence-corrected chi connectivity index (χ4v) is 4.39. The first-order chi connectivity index (χ1) is 17.2. The van der Waals surface area contributed by atoms with E-state index in [1.807, 2.05) is 80.6 Å². The van der Waals surface area contributed by atoms with E-state index in [0.717, 1.165) is 33.6 Å². The molecule has 0 spiro atoms. The second-order valence-corrected chi connectivity index (χ2v) is 9.89. The molecule has 0 bridgehead atoms. The number of hydrogen-bond donors (Lipinski definition) is 1. The van der Waals surface area contributed by atoms with Crippen LogP contribution < -0.4 is 10.1 Å². The maximum Gasteiger partial charge on any atom is 0.243 e. The summed E-state index contributed by atoms with van der Waals surface area (Å²) >= 11 is 0. The van der Waals surface area contributed by atoms with Crippen molar-refractivity contribution in [3.8, 4) is 5.75 Å². The first-order valence-corrected chi connectivity index (χ1v) is 12.6. The monoisotopic (exact) mass is 486 g/mol. The van der Waals surface area contributed by atoms with Gasteiger partial charge in [0.2, 0.25) is 11.8 Å². The van der Waals surface area contributed by atoms with Crippen molar-refractivity contribution in [1.29, 1.82) is 0 Å². The Morgan fingerprint density at radius 2 is 1.53 bits per heavy atom. The molecule has 3 aromatic rings. The van der Waals surface area contributed by atoms with Gasteiger partial charge < -0.3 is 15.0 Å². The largest absolute Gasteiger partial charge is 0.497 e. The van der Waals surface area contributed by atoms with Gasteiger partial charge in [-0.3, -0.25) is 9.59 Å². The molecule has 0 radical (unpaired) electrons. The number of benzene rings is 3. The van der Waals surface area contributed by atoms with Crippen LogP contribution in [0.15, 0.2) is 72.8 Å². The van der Waals surface area contributed by atoms with Gasteiger partial charge in [-0.1, -0.05) is 85.6 Å². The Bertz CT molecular complexity index is 1140. The van der Waals surface area contributed by atoms with Crippen LogP contribution in [0.5, 0.6) is 5.75 Å². The highest BCUT2D eigenvalue weighted by Crippen LogP contribution is 2.20. The van der Waals surface area contributed by atoms with E-state index in [1.54, 1.807) is 12.0 Å². The lowest BCUT2D eigenvalue weighted by atomic mass is 10.00. The van der Waals surface area contributed by atoms with Crippen molar-refractivity contribution in [2.75, 3.05) is 13.7 Å². The van der Waals surface area contributed by atoms with E-state index in [-0.39, 0.29) is 18.2 Å². The first kappa shape index (κ1) is 27.0. The molecule has 5 nitrogen and oxygen atoms in total. The van der Waals surface area contributed by atoms with Gasteiger partial charge in [0.05, 0.1) is 13.5 Å². The number of hydrogen-bond acceptors (Lipinski definition) is 3. The van der Waals surface area contributed by atoms with E-state index >= 15 is 0 Å². The second-order valence-electron chi connectivity index (χ2n) is 9.89. The molecule has 36 heavy (non-hydrogen) atoms. The van der Waals surface area contributed by atoms with Gasteiger partial charge in [0.25, 0.3) is 0 Å². The highest BCUT2D eigenvalue weighted by molar-refractivity contribution is 5.88. The standard InChI is InChI=1S/C31H38N2O3/c1-22(2)20-32-31(35)29(18-25-10-7-6-8-11-25)33(21-26-12-9-13-28(17-26)36-5)30(34)19-27-15-23(3)14-24(4)16-27/h6-17,22,29H,18-21H2,1-5H3,(H,32,35)/t29-/m0/s1. The van der Waals surface area contributed by atoms with Crippen LogP contribution in [0, 0.1) is 19.8 Å². The van der Waals surface area contributed by atoms with Crippen molar-refractivity contribution < 1.29 is 14.3 Å². The summed E-state index contributed by atoms with van der Waals surface area (Å²) in [5.41, 5.74) is 5.12. The van der Waals surface area contributed by atoms with Crippen molar-refractivity contribution in [3.63, 3.8) is 0 Å². The summed E-state index contributed by atoms with van der Waals surface area (Å²) in [6, 6.07) is 23.1. The molecule has 0 saturated heterocycles. The molecule has 5 heteroatoms. The summed E-state index contributed by atoms with van der Waals surface area (Å²) in [7, 11) is 1.62. The van der Waals surface area contributed by atoms with Crippen LogP contribution in [0.4, 0.5) is 0 Å². The van der Waals surface area contributed by atoms with Gasteiger partial charge in [-0.2, -0.15) is 0 Å². The fourth-order valence-electron chi connectivity index (χ4n) is 4.39. The summed E-state index contributed by atoms with van der Waals surface area (Å²) in [6.07, 6.45) is 0.669. The molecule has 2 amide bonds. The third-order valence-corrected chi connectivity index (χ3v) is 6.08. The third kappa shape index (κ3) is 7.98. The van der Waals surface area contributed by atoms with E-state index in [4.69, 9.17) is 4.74 Å². The Labute approximate surface area is 215 Å². The highest BCUT2D eigenvalue weighted by Gasteiger charge is 2.30. The molecule has 1 atom stereocenters. The van der Waals surface area contributed by atoms with Crippen molar-refractivity contribution >= 4 is 11.8 Å². The molecule has 3 rings (SSSR count). The van der Waals surface area contributed by atoms with Gasteiger partial charge in [-0.25, -0.2) is 0 Å². The molecule has 0 aromatic heterocycles. The second kappa shape index (κ2) is 12.9. The van der Waals surface area contributed by atoms with Gasteiger partial charge >= 0.3 is 0 Å². The summed E-state index contributed by atoms with van der Waals surface area (Å²) < 4.78 is 5.40. The maximum atomic E-state index is 13.9. The lowest BCUT2D eigenvalue weighted by Gasteiger charge is -2.32. The number of amides is 2. The minimum absolute atomic E-state index is 0.0801. The molecule has 190 valence electrons. The smallest absolute Gasteiger partial charge is 0.243 e. The molecule has 0 heterocycles. The Balaban J connectivity index is 1.99. The van der Waals surface area contributed by atoms with Crippen LogP contribution in [0.3, 0.4) is 0 Å². The molecule has 0 saturated carbocycles. The van der Waals surface area contributed by atoms with Gasteiger partial charge in [-0.15, -0.1) is 0 Å². The van der Waals surface area contributed by atoms with Crippen LogP contribution >= 0.6 is 0 Å². The SMILES string of the molecule is COc1cccc(CN(C(=O)Cc2cc(C)cc(C)c2)[C@@H](Cc2ccccc2)C(=O)NCC(C)C)c1. The van der Waals surface area contributed by atoms with Crippen molar-refractivity contribution in [2.24, 2.45) is 5.92 Å². The molecule has 0 aliphatic carbocycles. The Hall–Kier alpha value is -3.60. The number of rotatable bonds is 11. The average molecular weight is 487 g/mol. The Kier molecular flexibility index (Phi) is 9.69. The molecule has 0 aliphatic heterocycles. The van der Waals surface area contributed by atoms with E-state index in [1.165, 1.54) is 0 Å². The van der Waals surface area contributed by atoms with Crippen LogP contribution in [0.2, 0.25) is 0 Å². The summed E-state index contributed by atoms with van der Waals surface area (Å²) in [5, 5.41) is 3.07. The zero-order chi connectivity index (χ0) is 26.1. The average Bonchev–Trinajstić information content (AvgIpc) is 2.84. The van der Waals surface area contributed by atoms with Gasteiger partial charge in [0, 0.05) is 19.5 Å². The topological polar surface area (TPSA) is 58.6 Å². The lowest BCUT2D eigenvalue weighted by molar-refractivity contribution is -0.140. The minimum Gasteiger partial charge on any atom is -0.497 e. The zero-order valence-electron chi connectivity index (χ0n) is 22.1. The molecule has 0 unspecified atom stereocenters. The van der Waals surface area contributed by atoms with E-state index < -0.39 is 6.04 Å². The number of methoxy groups -OCH3 is 1. The predicted molar refractivity (Wildman–Crippen MR) is 145 cm³/mol. The van der Waals surface area contributed by atoms with Crippen molar-refractivity contribution in [3.05, 3.63) is 101 Å². The van der Waals surface area contributed by atoms with Crippen molar-refractivity contribution in [2.45, 2.75) is 53.1 Å². The van der Waals surface area contributed by atoms with E-state index in [0.29, 0.717) is 25.4 Å². The fraction of sp³-hybridized carbons (Fsp3) is 0.355. The first-order valence-electron chi connectivity index (χ1n) is 12.6. The predicted octanol–water partition coefficient (Wildman–Crippen LogP) is 5.27. The highest BCUT2D eigenvalue weighted by atomic mass is 16.5. The number of carbonyl (C=O) groups is 2. The molecule has 3 aromatic carbocycles. The Morgan fingerprint density at radius 3 is 2.17 bits per heavy atom. The van der Waals surface area contributed by atoms with Crippen molar-refractivity contribution in [1.82, 2.24) is 10.2 Å². The van der Waals surface area contributed by atoms with Crippen LogP contribution in [-0.4, -0.2) is 36.4 Å². The number of carbonyl (C=O) groups excluding carboxylic acids is 2. The molecule has 1 N–H and O–H groups in total. The Morgan fingerprint density at radius 1 is 0.861 bits per heavy atom. The van der Waals surface area contributed by atoms with Crippen LogP contribution in [0.25, 0.3) is 0 Å². The van der Waals surface area contributed by atoms with Gasteiger partial charge in [-0.05, 0) is 48.6 Å². The third-order valence-electron chi connectivity index (χ3n) is 6.08. The molecular formula is C31H38N2O3. The molecule has 0 aliphatic rings. The van der Waals surface area contributed by atoms with Crippen LogP contribution in [-0.2, 0) is 29.0 Å². The summed E-state index contributed by atoms with van der Waals surface area (Å²) in [4.78, 5) is 29.2. The summed E-state index contributed by atoms with van der Waals surface area (Å²) in [6.45, 7) is 9.06. The van der Waals surface area contributed by atoms with E-state index in [9.17, 15) is 9.59 Å². The molecular weight excluding hydrogens is 448 g/mol. The minimum atomic E-state index is -0.643. The van der Waals surface area contributed by atoms with Gasteiger partial charge in [0.15, 0.2) is 0 Å². The normalized spacial score (nSPS) is 11.7. The maximum absolute atomic E-state index is 13.9. The number of nitrogens with zero attached hydrogens (tertiary/aromatic N) is 1. The zero-order valence-corrected chi connectivity index (χ0v) is 22.1. The summed E-state index contributed by atoms with van der Waals surface area (Å²) in [5.74, 6) is 0.815. The lowest BCUT2D eigenvalue weighted by Crippen LogP contribution is -2.51.